The van der Waals surface area contributed by atoms with Gasteiger partial charge in [0.05, 0.1) is 21.3 Å². The van der Waals surface area contributed by atoms with Crippen molar-refractivity contribution in [2.45, 2.75) is 0 Å². The summed E-state index contributed by atoms with van der Waals surface area (Å²) < 4.78 is 13.7. The molecule has 0 radical (unpaired) electrons. The highest BCUT2D eigenvalue weighted by Crippen LogP contribution is 2.05. The van der Waals surface area contributed by atoms with Crippen molar-refractivity contribution in [1.82, 2.24) is 0 Å². The van der Waals surface area contributed by atoms with E-state index < -0.39 is 0 Å². The second-order valence-electron chi connectivity index (χ2n) is 1.92. The van der Waals surface area contributed by atoms with Gasteiger partial charge in [0.15, 0.2) is 12.3 Å². The van der Waals surface area contributed by atoms with Gasteiger partial charge < -0.3 is 4.74 Å². The summed E-state index contributed by atoms with van der Waals surface area (Å²) in [6, 6.07) is 9.68. The van der Waals surface area contributed by atoms with Crippen LogP contribution in [0.4, 0.5) is 0 Å². The van der Waals surface area contributed by atoms with Crippen LogP contribution < -0.4 is 4.74 Å². The van der Waals surface area contributed by atoms with Gasteiger partial charge in [0, 0.05) is 0 Å². The third kappa shape index (κ3) is 7.64. The van der Waals surface area contributed by atoms with E-state index >= 15 is 0 Å². The van der Waals surface area contributed by atoms with E-state index in [4.69, 9.17) is 4.74 Å². The number of hydrogen-bond donors (Lipinski definition) is 0. The van der Waals surface area contributed by atoms with Crippen molar-refractivity contribution in [3.63, 3.8) is 0 Å². The fraction of sp³-hybridized carbons (Fsp3) is 0.333. The Labute approximate surface area is 83.4 Å². The number of para-hydroxylation sites is 1. The topological polar surface area (TPSA) is 27.7 Å². The van der Waals surface area contributed by atoms with Crippen LogP contribution in [-0.4, -0.2) is 21.3 Å². The number of benzene rings is 1. The van der Waals surface area contributed by atoms with E-state index in [1.807, 2.05) is 30.3 Å². The predicted octanol–water partition coefficient (Wildman–Crippen LogP) is 2.54. The summed E-state index contributed by atoms with van der Waals surface area (Å²) in [5, 5.41) is 0. The summed E-state index contributed by atoms with van der Waals surface area (Å²) >= 11 is 0.963. The number of rotatable bonds is 3. The minimum atomic E-state index is 0.910. The van der Waals surface area contributed by atoms with E-state index in [0.29, 0.717) is 0 Å². The molecule has 1 aromatic rings. The molecule has 0 spiro atoms. The molecule has 0 atom stereocenters. The zero-order valence-corrected chi connectivity index (χ0v) is 8.84. The summed E-state index contributed by atoms with van der Waals surface area (Å²) in [6.45, 7) is 0. The molecule has 0 saturated carbocycles. The molecule has 0 bridgehead atoms. The van der Waals surface area contributed by atoms with Crippen molar-refractivity contribution < 1.29 is 13.1 Å². The molecule has 0 aliphatic carbocycles. The molecule has 1 aromatic carbocycles. The first-order chi connectivity index (χ1) is 6.35. The first-order valence-electron chi connectivity index (χ1n) is 3.67. The lowest BCUT2D eigenvalue weighted by molar-refractivity contribution is 0.386. The van der Waals surface area contributed by atoms with Gasteiger partial charge in [0.2, 0.25) is 0 Å². The highest BCUT2D eigenvalue weighted by atomic mass is 32.2. The molecular formula is C9H14O3S. The zero-order chi connectivity index (χ0) is 9.94. The number of methoxy groups -OCH3 is 1. The standard InChI is InChI=1S/C7H8O.C2H6O2S/c1-8-7-5-3-2-4-6-7;1-3-5-4-2/h2-6H,1H3;1-2H3. The monoisotopic (exact) mass is 202 g/mol. The Hall–Kier alpha value is -0.710. The fourth-order valence-corrected chi connectivity index (χ4v) is 0.761. The maximum atomic E-state index is 4.91. The summed E-state index contributed by atoms with van der Waals surface area (Å²) in [5.41, 5.74) is 0. The summed E-state index contributed by atoms with van der Waals surface area (Å²) in [5.74, 6) is 0.910. The van der Waals surface area contributed by atoms with Crippen LogP contribution in [0.15, 0.2) is 30.3 Å². The van der Waals surface area contributed by atoms with Gasteiger partial charge in [-0.1, -0.05) is 18.2 Å². The molecule has 0 saturated heterocycles. The zero-order valence-electron chi connectivity index (χ0n) is 8.02. The van der Waals surface area contributed by atoms with Gasteiger partial charge in [0.1, 0.15) is 5.75 Å². The summed E-state index contributed by atoms with van der Waals surface area (Å²) in [4.78, 5) is 0. The van der Waals surface area contributed by atoms with Crippen LogP contribution in [0.3, 0.4) is 0 Å². The molecule has 4 heteroatoms. The van der Waals surface area contributed by atoms with Crippen LogP contribution in [0, 0.1) is 0 Å². The molecule has 1 rings (SSSR count). The summed E-state index contributed by atoms with van der Waals surface area (Å²) in [7, 11) is 4.76. The Kier molecular flexibility index (Phi) is 8.87. The average Bonchev–Trinajstić information content (AvgIpc) is 2.21. The van der Waals surface area contributed by atoms with Crippen LogP contribution in [0.1, 0.15) is 0 Å². The van der Waals surface area contributed by atoms with Crippen molar-refractivity contribution in [2.75, 3.05) is 21.3 Å². The molecule has 0 N–H and O–H groups in total. The maximum Gasteiger partial charge on any atom is 0.158 e. The highest BCUT2D eigenvalue weighted by molar-refractivity contribution is 7.89. The van der Waals surface area contributed by atoms with E-state index in [2.05, 4.69) is 8.37 Å². The molecule has 0 aliphatic rings. The Balaban J connectivity index is 0.000000252. The van der Waals surface area contributed by atoms with Crippen LogP contribution in [0.25, 0.3) is 0 Å². The lowest BCUT2D eigenvalue weighted by Gasteiger charge is -1.93. The SMILES string of the molecule is COSOC.COc1ccccc1. The van der Waals surface area contributed by atoms with E-state index in [-0.39, 0.29) is 0 Å². The lowest BCUT2D eigenvalue weighted by Crippen LogP contribution is -1.78. The Morgan fingerprint density at radius 3 is 1.69 bits per heavy atom. The molecular weight excluding hydrogens is 188 g/mol. The lowest BCUT2D eigenvalue weighted by atomic mass is 10.3. The van der Waals surface area contributed by atoms with Crippen molar-refractivity contribution in [3.8, 4) is 5.75 Å². The first kappa shape index (κ1) is 12.3. The second-order valence-corrected chi connectivity index (χ2v) is 2.72. The Morgan fingerprint density at radius 1 is 0.923 bits per heavy atom. The highest BCUT2D eigenvalue weighted by Gasteiger charge is 1.80. The normalized spacial score (nSPS) is 8.54. The minimum Gasteiger partial charge on any atom is -0.497 e. The van der Waals surface area contributed by atoms with Crippen LogP contribution in [0.5, 0.6) is 5.75 Å². The molecule has 3 nitrogen and oxygen atoms in total. The van der Waals surface area contributed by atoms with Gasteiger partial charge >= 0.3 is 0 Å². The van der Waals surface area contributed by atoms with Crippen molar-refractivity contribution in [2.24, 2.45) is 0 Å². The maximum absolute atomic E-state index is 4.91. The fourth-order valence-electron chi connectivity index (χ4n) is 0.625. The van der Waals surface area contributed by atoms with Crippen molar-refractivity contribution >= 4 is 12.3 Å². The van der Waals surface area contributed by atoms with Gasteiger partial charge in [0.25, 0.3) is 0 Å². The Morgan fingerprint density at radius 2 is 1.46 bits per heavy atom. The molecule has 74 valence electrons. The summed E-state index contributed by atoms with van der Waals surface area (Å²) in [6.07, 6.45) is 0. The Bertz CT molecular complexity index is 189. The van der Waals surface area contributed by atoms with E-state index in [9.17, 15) is 0 Å². The quantitative estimate of drug-likeness (QED) is 0.704. The van der Waals surface area contributed by atoms with E-state index in [0.717, 1.165) is 18.1 Å². The van der Waals surface area contributed by atoms with Crippen LogP contribution in [-0.2, 0) is 8.37 Å². The third-order valence-electron chi connectivity index (χ3n) is 1.11. The average molecular weight is 202 g/mol. The number of ether oxygens (including phenoxy) is 1. The molecule has 0 aromatic heterocycles. The smallest absolute Gasteiger partial charge is 0.158 e. The van der Waals surface area contributed by atoms with Gasteiger partial charge in [-0.2, -0.15) is 0 Å². The van der Waals surface area contributed by atoms with Gasteiger partial charge in [-0.3, -0.25) is 8.37 Å². The van der Waals surface area contributed by atoms with E-state index in [1.165, 1.54) is 0 Å². The molecule has 0 heterocycles. The molecule has 0 aliphatic heterocycles. The van der Waals surface area contributed by atoms with Gasteiger partial charge in [-0.15, -0.1) is 0 Å². The van der Waals surface area contributed by atoms with Gasteiger partial charge in [-0.05, 0) is 12.1 Å². The van der Waals surface area contributed by atoms with Crippen molar-refractivity contribution in [3.05, 3.63) is 30.3 Å². The molecule has 0 amide bonds. The minimum absolute atomic E-state index is 0.910. The predicted molar refractivity (Wildman–Crippen MR) is 54.6 cm³/mol. The molecule has 0 fully saturated rings. The van der Waals surface area contributed by atoms with E-state index in [1.54, 1.807) is 21.3 Å². The van der Waals surface area contributed by atoms with Crippen LogP contribution >= 0.6 is 12.3 Å². The van der Waals surface area contributed by atoms with Crippen LogP contribution in [0.2, 0.25) is 0 Å². The largest absolute Gasteiger partial charge is 0.497 e. The molecule has 13 heavy (non-hydrogen) atoms. The second kappa shape index (κ2) is 9.38. The molecule has 0 unspecified atom stereocenters. The van der Waals surface area contributed by atoms with Gasteiger partial charge in [-0.25, -0.2) is 0 Å². The third-order valence-corrected chi connectivity index (χ3v) is 1.39. The van der Waals surface area contributed by atoms with Crippen molar-refractivity contribution in [1.29, 1.82) is 0 Å². The first-order valence-corrected chi connectivity index (χ1v) is 4.34. The number of hydrogen-bond acceptors (Lipinski definition) is 4.